The van der Waals surface area contributed by atoms with Crippen molar-refractivity contribution in [1.82, 2.24) is 14.7 Å². The number of fused-ring (bicyclic) bond motifs is 1. The van der Waals surface area contributed by atoms with Crippen LogP contribution in [0.5, 0.6) is 0 Å². The summed E-state index contributed by atoms with van der Waals surface area (Å²) in [5.41, 5.74) is 0.767. The van der Waals surface area contributed by atoms with Crippen LogP contribution in [0.3, 0.4) is 0 Å². The van der Waals surface area contributed by atoms with Gasteiger partial charge in [-0.15, -0.1) is 0 Å². The van der Waals surface area contributed by atoms with Crippen molar-refractivity contribution in [3.05, 3.63) is 54.1 Å². The molecule has 3 rings (SSSR count). The van der Waals surface area contributed by atoms with Crippen LogP contribution in [0, 0.1) is 0 Å². The van der Waals surface area contributed by atoms with E-state index < -0.39 is 0 Å². The van der Waals surface area contributed by atoms with Gasteiger partial charge in [-0.3, -0.25) is 4.90 Å². The normalized spacial score (nSPS) is 18.0. The Labute approximate surface area is 155 Å². The second-order valence-electron chi connectivity index (χ2n) is 6.25. The maximum absolute atomic E-state index is 13.4. The number of carbonyl (C=O) groups is 2. The molecule has 0 saturated carbocycles. The number of hydrogen-bond acceptors (Lipinski definition) is 3. The Hall–Kier alpha value is -2.76. The first-order valence-electron chi connectivity index (χ1n) is 9.26. The number of imide groups is 1. The van der Waals surface area contributed by atoms with Crippen LogP contribution in [0.4, 0.5) is 15.3 Å². The molecule has 4 amide bonds. The van der Waals surface area contributed by atoms with Crippen molar-refractivity contribution < 1.29 is 9.59 Å². The zero-order chi connectivity index (χ0) is 18.7. The molecule has 1 aromatic rings. The summed E-state index contributed by atoms with van der Waals surface area (Å²) in [7, 11) is 0. The number of anilines is 1. The van der Waals surface area contributed by atoms with Crippen molar-refractivity contribution in [1.29, 1.82) is 0 Å². The van der Waals surface area contributed by atoms with E-state index in [4.69, 9.17) is 0 Å². The molecule has 1 aromatic carbocycles. The van der Waals surface area contributed by atoms with Crippen LogP contribution < -0.4 is 4.90 Å². The van der Waals surface area contributed by atoms with Crippen molar-refractivity contribution in [3.8, 4) is 0 Å². The highest BCUT2D eigenvalue weighted by Gasteiger charge is 2.44. The predicted octanol–water partition coefficient (Wildman–Crippen LogP) is 4.19. The van der Waals surface area contributed by atoms with E-state index in [0.717, 1.165) is 31.6 Å². The number of nitrogens with zero attached hydrogens (tertiary/aromatic N) is 4. The molecule has 138 valence electrons. The zero-order valence-electron chi connectivity index (χ0n) is 15.7. The van der Waals surface area contributed by atoms with Gasteiger partial charge < -0.3 is 4.90 Å². The lowest BCUT2D eigenvalue weighted by Crippen LogP contribution is -2.61. The van der Waals surface area contributed by atoms with Gasteiger partial charge in [-0.25, -0.2) is 14.5 Å². The van der Waals surface area contributed by atoms with Crippen LogP contribution in [0.25, 0.3) is 0 Å². The van der Waals surface area contributed by atoms with Gasteiger partial charge in [0.15, 0.2) is 0 Å². The smallest absolute Gasteiger partial charge is 0.344 e. The van der Waals surface area contributed by atoms with Crippen molar-refractivity contribution in [2.45, 2.75) is 33.6 Å². The summed E-state index contributed by atoms with van der Waals surface area (Å²) < 4.78 is 0. The van der Waals surface area contributed by atoms with Crippen molar-refractivity contribution in [2.75, 3.05) is 24.5 Å². The molecule has 0 aromatic heterocycles. The van der Waals surface area contributed by atoms with Gasteiger partial charge in [0.1, 0.15) is 11.6 Å². The maximum atomic E-state index is 13.4. The number of benzene rings is 1. The van der Waals surface area contributed by atoms with E-state index in [1.54, 1.807) is 9.80 Å². The minimum Gasteiger partial charge on any atom is -0.358 e. The molecule has 0 N–H and O–H groups in total. The molecule has 2 aliphatic rings. The van der Waals surface area contributed by atoms with Gasteiger partial charge in [0.25, 0.3) is 0 Å². The Balaban J connectivity index is 2.09. The lowest BCUT2D eigenvalue weighted by atomic mass is 10.1. The van der Waals surface area contributed by atoms with E-state index in [1.807, 2.05) is 68.2 Å². The van der Waals surface area contributed by atoms with Gasteiger partial charge in [0, 0.05) is 19.6 Å². The molecular weight excluding hydrogens is 328 g/mol. The van der Waals surface area contributed by atoms with Gasteiger partial charge in [0.2, 0.25) is 0 Å². The first kappa shape index (κ1) is 18.0. The molecule has 2 aliphatic heterocycles. The lowest BCUT2D eigenvalue weighted by molar-refractivity contribution is 0.147. The van der Waals surface area contributed by atoms with E-state index in [1.165, 1.54) is 4.90 Å². The summed E-state index contributed by atoms with van der Waals surface area (Å²) in [6, 6.07) is 8.91. The van der Waals surface area contributed by atoms with E-state index in [-0.39, 0.29) is 12.1 Å². The molecule has 0 aliphatic carbocycles. The van der Waals surface area contributed by atoms with Crippen molar-refractivity contribution >= 4 is 17.7 Å². The highest BCUT2D eigenvalue weighted by molar-refractivity contribution is 6.09. The molecule has 6 nitrogen and oxygen atoms in total. The molecular formula is C20H26N4O2. The standard InChI is InChI=1S/C20H26N4O2/c1-4-17(21(5-2)6-3)24-19(25)22-15-11-10-14-18(22)23(20(24)26)16-12-8-7-9-13-16/h4,7-9,12-14H,5-6,10-11,15H2,1-3H3/b17-4+. The average Bonchev–Trinajstić information content (AvgIpc) is 2.68. The molecule has 1 fully saturated rings. The van der Waals surface area contributed by atoms with E-state index >= 15 is 0 Å². The third-order valence-electron chi connectivity index (χ3n) is 4.81. The molecule has 0 unspecified atom stereocenters. The highest BCUT2D eigenvalue weighted by Crippen LogP contribution is 2.33. The summed E-state index contributed by atoms with van der Waals surface area (Å²) in [6.07, 6.45) is 5.58. The Morgan fingerprint density at radius 2 is 1.81 bits per heavy atom. The summed E-state index contributed by atoms with van der Waals surface area (Å²) in [5.74, 6) is 1.30. The molecule has 0 atom stereocenters. The van der Waals surface area contributed by atoms with Crippen LogP contribution in [-0.4, -0.2) is 46.4 Å². The minimum atomic E-state index is -0.328. The first-order valence-corrected chi connectivity index (χ1v) is 9.26. The third kappa shape index (κ3) is 2.96. The van der Waals surface area contributed by atoms with Gasteiger partial charge in [0.05, 0.1) is 5.69 Å². The molecule has 26 heavy (non-hydrogen) atoms. The minimum absolute atomic E-state index is 0.270. The fourth-order valence-electron chi connectivity index (χ4n) is 3.53. The number of allylic oxidation sites excluding steroid dienone is 2. The molecule has 0 bridgehead atoms. The van der Waals surface area contributed by atoms with Crippen LogP contribution in [0.2, 0.25) is 0 Å². The van der Waals surface area contributed by atoms with Gasteiger partial charge in [-0.2, -0.15) is 4.90 Å². The van der Waals surface area contributed by atoms with Crippen molar-refractivity contribution in [3.63, 3.8) is 0 Å². The second kappa shape index (κ2) is 7.64. The molecule has 0 spiro atoms. The SMILES string of the molecule is C/C=C(\N(CC)CC)N1C(=O)N2CCCC=C2N(c2ccccc2)C1=O. The third-order valence-corrected chi connectivity index (χ3v) is 4.81. The molecule has 0 radical (unpaired) electrons. The zero-order valence-corrected chi connectivity index (χ0v) is 15.7. The van der Waals surface area contributed by atoms with Gasteiger partial charge in [-0.1, -0.05) is 18.2 Å². The summed E-state index contributed by atoms with van der Waals surface area (Å²) in [5, 5.41) is 0. The largest absolute Gasteiger partial charge is 0.358 e. The Morgan fingerprint density at radius 3 is 2.42 bits per heavy atom. The summed E-state index contributed by atoms with van der Waals surface area (Å²) >= 11 is 0. The quantitative estimate of drug-likeness (QED) is 0.796. The number of amides is 4. The Morgan fingerprint density at radius 1 is 1.12 bits per heavy atom. The fraction of sp³-hybridized carbons (Fsp3) is 0.400. The highest BCUT2D eigenvalue weighted by atomic mass is 16.2. The Kier molecular flexibility index (Phi) is 5.30. The van der Waals surface area contributed by atoms with Crippen LogP contribution in [-0.2, 0) is 0 Å². The first-order chi connectivity index (χ1) is 12.6. The number of urea groups is 2. The van der Waals surface area contributed by atoms with E-state index in [9.17, 15) is 9.59 Å². The molecule has 2 heterocycles. The average molecular weight is 354 g/mol. The number of hydrogen-bond donors (Lipinski definition) is 0. The van der Waals surface area contributed by atoms with Gasteiger partial charge >= 0.3 is 12.1 Å². The van der Waals surface area contributed by atoms with E-state index in [0.29, 0.717) is 18.2 Å². The topological polar surface area (TPSA) is 47.1 Å². The number of para-hydroxylation sites is 1. The fourth-order valence-corrected chi connectivity index (χ4v) is 3.53. The monoisotopic (exact) mass is 354 g/mol. The van der Waals surface area contributed by atoms with Crippen molar-refractivity contribution in [2.24, 2.45) is 0 Å². The van der Waals surface area contributed by atoms with Crippen LogP contribution in [0.15, 0.2) is 54.1 Å². The summed E-state index contributed by atoms with van der Waals surface area (Å²) in [4.78, 5) is 33.3. The number of rotatable bonds is 5. The summed E-state index contributed by atoms with van der Waals surface area (Å²) in [6.45, 7) is 7.97. The lowest BCUT2D eigenvalue weighted by Gasteiger charge is -2.46. The number of carbonyl (C=O) groups excluding carboxylic acids is 2. The second-order valence-corrected chi connectivity index (χ2v) is 6.25. The maximum Gasteiger partial charge on any atom is 0.344 e. The van der Waals surface area contributed by atoms with Crippen LogP contribution >= 0.6 is 0 Å². The predicted molar refractivity (Wildman–Crippen MR) is 102 cm³/mol. The molecule has 6 heteroatoms. The molecule has 1 saturated heterocycles. The van der Waals surface area contributed by atoms with E-state index in [2.05, 4.69) is 0 Å². The van der Waals surface area contributed by atoms with Gasteiger partial charge in [-0.05, 0) is 57.9 Å². The van der Waals surface area contributed by atoms with Crippen LogP contribution in [0.1, 0.15) is 33.6 Å². The Bertz CT molecular complexity index is 737.